The minimum Gasteiger partial charge on any atom is -0.481 e. The number of benzene rings is 1. The second-order valence-electron chi connectivity index (χ2n) is 4.84. The summed E-state index contributed by atoms with van der Waals surface area (Å²) in [5, 5.41) is 20.0. The number of para-hydroxylation sites is 1. The predicted molar refractivity (Wildman–Crippen MR) is 79.0 cm³/mol. The van der Waals surface area contributed by atoms with Crippen molar-refractivity contribution in [2.45, 2.75) is 6.42 Å². The van der Waals surface area contributed by atoms with Gasteiger partial charge in [0, 0.05) is 32.7 Å². The first-order valence-electron chi connectivity index (χ1n) is 6.61. The van der Waals surface area contributed by atoms with Crippen molar-refractivity contribution in [3.63, 3.8) is 0 Å². The van der Waals surface area contributed by atoms with E-state index in [4.69, 9.17) is 16.7 Å². The largest absolute Gasteiger partial charge is 0.481 e. The van der Waals surface area contributed by atoms with Gasteiger partial charge in [0.1, 0.15) is 10.7 Å². The Balaban J connectivity index is 2.04. The Kier molecular flexibility index (Phi) is 4.98. The number of aliphatic carboxylic acids is 1. The van der Waals surface area contributed by atoms with Crippen LogP contribution in [0.2, 0.25) is 5.02 Å². The van der Waals surface area contributed by atoms with Crippen LogP contribution in [0.5, 0.6) is 0 Å². The van der Waals surface area contributed by atoms with Crippen molar-refractivity contribution in [1.29, 1.82) is 0 Å². The van der Waals surface area contributed by atoms with Crippen molar-refractivity contribution in [2.24, 2.45) is 0 Å². The molecule has 114 valence electrons. The van der Waals surface area contributed by atoms with Crippen LogP contribution < -0.4 is 4.90 Å². The molecule has 1 aliphatic rings. The van der Waals surface area contributed by atoms with Gasteiger partial charge in [-0.3, -0.25) is 19.8 Å². The lowest BCUT2D eigenvalue weighted by Gasteiger charge is -2.35. The van der Waals surface area contributed by atoms with Gasteiger partial charge < -0.3 is 10.0 Å². The lowest BCUT2D eigenvalue weighted by molar-refractivity contribution is -0.384. The molecule has 0 atom stereocenters. The summed E-state index contributed by atoms with van der Waals surface area (Å²) in [6.07, 6.45) is 0.108. The maximum atomic E-state index is 11.1. The number of piperazine rings is 1. The van der Waals surface area contributed by atoms with E-state index in [0.717, 1.165) is 0 Å². The van der Waals surface area contributed by atoms with Gasteiger partial charge in [0.15, 0.2) is 0 Å². The average Bonchev–Trinajstić information content (AvgIpc) is 2.45. The SMILES string of the molecule is O=C(O)CCN1CCN(c2cccc(Cl)c2[N+](=O)[O-])CC1. The molecule has 1 saturated heterocycles. The molecule has 8 heteroatoms. The van der Waals surface area contributed by atoms with Crippen molar-refractivity contribution < 1.29 is 14.8 Å². The van der Waals surface area contributed by atoms with Gasteiger partial charge in [-0.25, -0.2) is 0 Å². The average molecular weight is 314 g/mol. The van der Waals surface area contributed by atoms with Crippen molar-refractivity contribution in [3.8, 4) is 0 Å². The Hall–Kier alpha value is -1.86. The summed E-state index contributed by atoms with van der Waals surface area (Å²) in [7, 11) is 0. The molecule has 0 radical (unpaired) electrons. The third-order valence-electron chi connectivity index (χ3n) is 3.50. The quantitative estimate of drug-likeness (QED) is 0.659. The number of nitro benzene ring substituents is 1. The number of carboxylic acids is 1. The number of nitrogens with zero attached hydrogens (tertiary/aromatic N) is 3. The van der Waals surface area contributed by atoms with Crippen LogP contribution in [0.1, 0.15) is 6.42 Å². The van der Waals surface area contributed by atoms with E-state index in [-0.39, 0.29) is 17.1 Å². The smallest absolute Gasteiger partial charge is 0.310 e. The highest BCUT2D eigenvalue weighted by molar-refractivity contribution is 6.33. The maximum Gasteiger partial charge on any atom is 0.310 e. The molecule has 0 aliphatic carbocycles. The summed E-state index contributed by atoms with van der Waals surface area (Å²) in [5.74, 6) is -0.817. The molecular formula is C13H16ClN3O4. The third kappa shape index (κ3) is 3.83. The van der Waals surface area contributed by atoms with Crippen LogP contribution in [0.15, 0.2) is 18.2 Å². The van der Waals surface area contributed by atoms with Gasteiger partial charge in [-0.1, -0.05) is 17.7 Å². The van der Waals surface area contributed by atoms with E-state index in [2.05, 4.69) is 0 Å². The van der Waals surface area contributed by atoms with Crippen molar-refractivity contribution in [3.05, 3.63) is 33.3 Å². The number of hydrogen-bond donors (Lipinski definition) is 1. The number of nitro groups is 1. The fourth-order valence-corrected chi connectivity index (χ4v) is 2.64. The standard InChI is InChI=1S/C13H16ClN3O4/c14-10-2-1-3-11(13(10)17(20)21)16-8-6-15(7-9-16)5-4-12(18)19/h1-3H,4-9H2,(H,18,19). The molecular weight excluding hydrogens is 298 g/mol. The predicted octanol–water partition coefficient (Wildman–Crippen LogP) is 1.84. The molecule has 0 unspecified atom stereocenters. The van der Waals surface area contributed by atoms with Gasteiger partial charge in [0.25, 0.3) is 0 Å². The highest BCUT2D eigenvalue weighted by atomic mass is 35.5. The Labute approximate surface area is 126 Å². The van der Waals surface area contributed by atoms with Crippen molar-refractivity contribution in [2.75, 3.05) is 37.6 Å². The Morgan fingerprint density at radius 3 is 2.57 bits per heavy atom. The summed E-state index contributed by atoms with van der Waals surface area (Å²) < 4.78 is 0. The summed E-state index contributed by atoms with van der Waals surface area (Å²) in [6.45, 7) is 3.08. The minimum atomic E-state index is -0.817. The third-order valence-corrected chi connectivity index (χ3v) is 3.81. The van der Waals surface area contributed by atoms with Crippen LogP contribution in [0.25, 0.3) is 0 Å². The van der Waals surface area contributed by atoms with E-state index >= 15 is 0 Å². The van der Waals surface area contributed by atoms with Gasteiger partial charge in [-0.05, 0) is 12.1 Å². The normalized spacial score (nSPS) is 16.0. The molecule has 0 spiro atoms. The molecule has 1 heterocycles. The number of hydrogen-bond acceptors (Lipinski definition) is 5. The minimum absolute atomic E-state index is 0.0712. The summed E-state index contributed by atoms with van der Waals surface area (Å²) in [5.41, 5.74) is 0.448. The first-order chi connectivity index (χ1) is 9.99. The fourth-order valence-electron chi connectivity index (χ4n) is 2.41. The van der Waals surface area contributed by atoms with E-state index in [1.807, 2.05) is 9.80 Å². The molecule has 1 aromatic rings. The number of carboxylic acid groups (broad SMARTS) is 1. The Morgan fingerprint density at radius 1 is 1.33 bits per heavy atom. The number of carbonyl (C=O) groups is 1. The van der Waals surface area contributed by atoms with Crippen molar-refractivity contribution >= 4 is 28.9 Å². The molecule has 7 nitrogen and oxygen atoms in total. The lowest BCUT2D eigenvalue weighted by atomic mass is 10.2. The maximum absolute atomic E-state index is 11.1. The molecule has 21 heavy (non-hydrogen) atoms. The molecule has 0 aromatic heterocycles. The fraction of sp³-hybridized carbons (Fsp3) is 0.462. The number of anilines is 1. The van der Waals surface area contributed by atoms with Gasteiger partial charge in [-0.2, -0.15) is 0 Å². The molecule has 1 aromatic carbocycles. The molecule has 1 N–H and O–H groups in total. The first-order valence-corrected chi connectivity index (χ1v) is 6.99. The molecule has 1 aliphatic heterocycles. The molecule has 1 fully saturated rings. The van der Waals surface area contributed by atoms with E-state index in [0.29, 0.717) is 38.4 Å². The lowest BCUT2D eigenvalue weighted by Crippen LogP contribution is -2.47. The van der Waals surface area contributed by atoms with E-state index < -0.39 is 10.9 Å². The first kappa shape index (κ1) is 15.5. The highest BCUT2D eigenvalue weighted by Gasteiger charge is 2.25. The second-order valence-corrected chi connectivity index (χ2v) is 5.24. The zero-order valence-corrected chi connectivity index (χ0v) is 12.1. The van der Waals surface area contributed by atoms with Crippen LogP contribution in [-0.2, 0) is 4.79 Å². The second kappa shape index (κ2) is 6.73. The zero-order valence-electron chi connectivity index (χ0n) is 11.4. The summed E-state index contributed by atoms with van der Waals surface area (Å²) in [4.78, 5) is 25.2. The van der Waals surface area contributed by atoms with Gasteiger partial charge in [0.05, 0.1) is 11.3 Å². The van der Waals surface area contributed by atoms with Gasteiger partial charge in [0.2, 0.25) is 0 Å². The highest BCUT2D eigenvalue weighted by Crippen LogP contribution is 2.35. The van der Waals surface area contributed by atoms with Crippen LogP contribution in [0, 0.1) is 10.1 Å². The number of halogens is 1. The van der Waals surface area contributed by atoms with Crippen LogP contribution in [-0.4, -0.2) is 53.6 Å². The van der Waals surface area contributed by atoms with Gasteiger partial charge >= 0.3 is 11.7 Å². The topological polar surface area (TPSA) is 86.9 Å². The molecule has 0 saturated carbocycles. The monoisotopic (exact) mass is 313 g/mol. The molecule has 0 bridgehead atoms. The van der Waals surface area contributed by atoms with E-state index in [1.54, 1.807) is 12.1 Å². The summed E-state index contributed by atoms with van der Waals surface area (Å²) >= 11 is 5.91. The number of rotatable bonds is 5. The Morgan fingerprint density at radius 2 is 2.00 bits per heavy atom. The van der Waals surface area contributed by atoms with Crippen LogP contribution >= 0.6 is 11.6 Å². The molecule has 2 rings (SSSR count). The van der Waals surface area contributed by atoms with Crippen LogP contribution in [0.3, 0.4) is 0 Å². The van der Waals surface area contributed by atoms with Crippen LogP contribution in [0.4, 0.5) is 11.4 Å². The van der Waals surface area contributed by atoms with Gasteiger partial charge in [-0.15, -0.1) is 0 Å². The Bertz CT molecular complexity index is 544. The van der Waals surface area contributed by atoms with E-state index in [1.165, 1.54) is 6.07 Å². The van der Waals surface area contributed by atoms with Crippen molar-refractivity contribution in [1.82, 2.24) is 4.90 Å². The van der Waals surface area contributed by atoms with E-state index in [9.17, 15) is 14.9 Å². The zero-order chi connectivity index (χ0) is 15.4. The summed E-state index contributed by atoms with van der Waals surface area (Å²) in [6, 6.07) is 4.89. The molecule has 0 amide bonds.